The summed E-state index contributed by atoms with van der Waals surface area (Å²) >= 11 is 0. The molecule has 90 valence electrons. The minimum Gasteiger partial charge on any atom is -0.432 e. The van der Waals surface area contributed by atoms with Gasteiger partial charge < -0.3 is 22.0 Å². The summed E-state index contributed by atoms with van der Waals surface area (Å²) in [5.41, 5.74) is 0. The molecule has 0 aromatic heterocycles. The van der Waals surface area contributed by atoms with Crippen LogP contribution < -0.4 is 0 Å². The maximum atomic E-state index is 9.75. The molecule has 3 nitrogen and oxygen atoms in total. The van der Waals surface area contributed by atoms with Crippen LogP contribution in [0, 0.1) is 0 Å². The Hall–Kier alpha value is -0.945. The molecular formula is C7H15BF4N2O. The van der Waals surface area contributed by atoms with E-state index in [-0.39, 0.29) is 0 Å². The zero-order valence-electron chi connectivity index (χ0n) is 9.01. The minimum absolute atomic E-state index is 0.754. The highest BCUT2D eigenvalue weighted by Crippen LogP contribution is 2.06. The highest BCUT2D eigenvalue weighted by Gasteiger charge is 2.25. The van der Waals surface area contributed by atoms with Crippen molar-refractivity contribution in [1.29, 1.82) is 0 Å². The molecule has 0 N–H and O–H groups in total. The molecule has 0 spiro atoms. The molecule has 0 aliphatic carbocycles. The Kier molecular flexibility index (Phi) is 5.45. The van der Waals surface area contributed by atoms with Crippen LogP contribution in [0.1, 0.15) is 6.92 Å². The van der Waals surface area contributed by atoms with Crippen molar-refractivity contribution < 1.29 is 26.6 Å². The topological polar surface area (TPSA) is 15.5 Å². The smallest absolute Gasteiger partial charge is 0.432 e. The van der Waals surface area contributed by atoms with E-state index in [9.17, 15) is 17.3 Å². The van der Waals surface area contributed by atoms with Crippen LogP contribution in [0.25, 0.3) is 0 Å². The molecule has 0 amide bonds. The van der Waals surface area contributed by atoms with Crippen LogP contribution in [0.2, 0.25) is 0 Å². The van der Waals surface area contributed by atoms with Gasteiger partial charge >= 0.3 is 13.3 Å². The molecule has 0 unspecified atom stereocenters. The predicted molar refractivity (Wildman–Crippen MR) is 50.5 cm³/mol. The standard InChI is InChI=1S/C7H15N2O.BF4/c1-4-10-7-8(2)5-6-9(7)3;2-1(3,4)5/h4-6H2,1-3H3;/q+1;-1. The van der Waals surface area contributed by atoms with Gasteiger partial charge in [0.15, 0.2) is 0 Å². The van der Waals surface area contributed by atoms with E-state index in [1.54, 1.807) is 0 Å². The molecule has 0 bridgehead atoms. The number of ether oxygens (including phenoxy) is 1. The van der Waals surface area contributed by atoms with E-state index in [1.807, 2.05) is 6.92 Å². The third kappa shape index (κ3) is 7.04. The van der Waals surface area contributed by atoms with Crippen molar-refractivity contribution in [2.24, 2.45) is 0 Å². The summed E-state index contributed by atoms with van der Waals surface area (Å²) in [5, 5.41) is 0. The number of rotatable bonds is 1. The van der Waals surface area contributed by atoms with Crippen molar-refractivity contribution in [2.45, 2.75) is 6.92 Å². The van der Waals surface area contributed by atoms with Crippen molar-refractivity contribution >= 4 is 13.3 Å². The van der Waals surface area contributed by atoms with Crippen molar-refractivity contribution in [3.8, 4) is 0 Å². The second-order valence-corrected chi connectivity index (χ2v) is 3.05. The van der Waals surface area contributed by atoms with Crippen molar-refractivity contribution in [3.63, 3.8) is 0 Å². The van der Waals surface area contributed by atoms with Crippen LogP contribution in [-0.4, -0.2) is 56.5 Å². The van der Waals surface area contributed by atoms with Crippen LogP contribution in [0.15, 0.2) is 0 Å². The van der Waals surface area contributed by atoms with E-state index in [1.165, 1.54) is 0 Å². The number of hydrogen-bond acceptors (Lipinski definition) is 2. The summed E-state index contributed by atoms with van der Waals surface area (Å²) in [4.78, 5) is 2.13. The van der Waals surface area contributed by atoms with E-state index in [4.69, 9.17) is 4.74 Å². The molecule has 15 heavy (non-hydrogen) atoms. The highest BCUT2D eigenvalue weighted by molar-refractivity contribution is 6.50. The van der Waals surface area contributed by atoms with Crippen LogP contribution in [0.3, 0.4) is 0 Å². The number of hydrogen-bond donors (Lipinski definition) is 0. The SMILES string of the molecule is CCOC1=[N+](C)CCN1C.F[B-](F)(F)F. The summed E-state index contributed by atoms with van der Waals surface area (Å²) in [5.74, 6) is 0. The van der Waals surface area contributed by atoms with Gasteiger partial charge in [-0.2, -0.15) is 0 Å². The summed E-state index contributed by atoms with van der Waals surface area (Å²) in [6.07, 6.45) is 0. The number of likely N-dealkylation sites (N-methyl/N-ethyl adjacent to an activating group) is 2. The van der Waals surface area contributed by atoms with Crippen molar-refractivity contribution in [3.05, 3.63) is 0 Å². The van der Waals surface area contributed by atoms with Crippen molar-refractivity contribution in [1.82, 2.24) is 4.90 Å². The number of amidine groups is 1. The van der Waals surface area contributed by atoms with Crippen LogP contribution in [-0.2, 0) is 4.74 Å². The molecule has 0 aromatic rings. The Bertz CT molecular complexity index is 226. The first-order chi connectivity index (χ1) is 6.75. The summed E-state index contributed by atoms with van der Waals surface area (Å²) in [7, 11) is -1.90. The van der Waals surface area contributed by atoms with E-state index in [0.29, 0.717) is 0 Å². The van der Waals surface area contributed by atoms with Crippen LogP contribution in [0.5, 0.6) is 0 Å². The predicted octanol–water partition coefficient (Wildman–Crippen LogP) is 1.27. The lowest BCUT2D eigenvalue weighted by atomic mass is 10.3. The van der Waals surface area contributed by atoms with Gasteiger partial charge in [-0.25, -0.2) is 9.48 Å². The average molecular weight is 230 g/mol. The Morgan fingerprint density at radius 1 is 1.40 bits per heavy atom. The van der Waals surface area contributed by atoms with Gasteiger partial charge in [-0.3, -0.25) is 0 Å². The Morgan fingerprint density at radius 2 is 1.87 bits per heavy atom. The summed E-state index contributed by atoms with van der Waals surface area (Å²) < 4.78 is 46.5. The number of halogens is 4. The Morgan fingerprint density at radius 3 is 2.13 bits per heavy atom. The van der Waals surface area contributed by atoms with Gasteiger partial charge in [0, 0.05) is 0 Å². The first-order valence-corrected chi connectivity index (χ1v) is 4.55. The van der Waals surface area contributed by atoms with Gasteiger partial charge in [-0.05, 0) is 6.92 Å². The summed E-state index contributed by atoms with van der Waals surface area (Å²) in [6, 6.07) is 1.00. The number of nitrogens with zero attached hydrogens (tertiary/aromatic N) is 2. The van der Waals surface area contributed by atoms with Gasteiger partial charge in [-0.15, -0.1) is 0 Å². The van der Waals surface area contributed by atoms with Gasteiger partial charge in [0.25, 0.3) is 0 Å². The molecule has 8 heteroatoms. The lowest BCUT2D eigenvalue weighted by molar-refractivity contribution is -0.495. The molecule has 1 aliphatic rings. The van der Waals surface area contributed by atoms with Crippen LogP contribution in [0.4, 0.5) is 17.3 Å². The molecule has 0 aromatic carbocycles. The monoisotopic (exact) mass is 230 g/mol. The fourth-order valence-electron chi connectivity index (χ4n) is 1.13. The van der Waals surface area contributed by atoms with Crippen LogP contribution >= 0.6 is 0 Å². The maximum absolute atomic E-state index is 9.75. The Balaban J connectivity index is 0.000000336. The van der Waals surface area contributed by atoms with E-state index in [0.717, 1.165) is 25.7 Å². The second kappa shape index (κ2) is 5.82. The van der Waals surface area contributed by atoms with E-state index in [2.05, 4.69) is 23.6 Å². The molecule has 1 heterocycles. The van der Waals surface area contributed by atoms with Gasteiger partial charge in [-0.1, -0.05) is 0 Å². The van der Waals surface area contributed by atoms with E-state index >= 15 is 0 Å². The largest absolute Gasteiger partial charge is 0.673 e. The highest BCUT2D eigenvalue weighted by atomic mass is 19.5. The fraction of sp³-hybridized carbons (Fsp3) is 0.857. The average Bonchev–Trinajstić information content (AvgIpc) is 2.33. The molecule has 0 atom stereocenters. The molecule has 1 rings (SSSR count). The van der Waals surface area contributed by atoms with Gasteiger partial charge in [0.1, 0.15) is 13.1 Å². The summed E-state index contributed by atoms with van der Waals surface area (Å²) in [6.45, 7) is 4.91. The zero-order valence-corrected chi connectivity index (χ0v) is 9.01. The van der Waals surface area contributed by atoms with Gasteiger partial charge in [0.2, 0.25) is 0 Å². The second-order valence-electron chi connectivity index (χ2n) is 3.05. The molecule has 0 saturated carbocycles. The molecule has 0 saturated heterocycles. The first kappa shape index (κ1) is 14.1. The van der Waals surface area contributed by atoms with Gasteiger partial charge in [0.05, 0.1) is 20.7 Å². The Labute approximate surface area is 86.4 Å². The third-order valence-electron chi connectivity index (χ3n) is 1.70. The lowest BCUT2D eigenvalue weighted by Gasteiger charge is -2.05. The third-order valence-corrected chi connectivity index (χ3v) is 1.70. The zero-order chi connectivity index (χ0) is 12.1. The molecular weight excluding hydrogens is 215 g/mol. The molecule has 1 aliphatic heterocycles. The first-order valence-electron chi connectivity index (χ1n) is 4.55. The normalized spacial score (nSPS) is 16.3. The lowest BCUT2D eigenvalue weighted by Crippen LogP contribution is -2.27. The molecule has 0 radical (unpaired) electrons. The minimum atomic E-state index is -6.00. The van der Waals surface area contributed by atoms with E-state index < -0.39 is 7.25 Å². The van der Waals surface area contributed by atoms with Crippen molar-refractivity contribution in [2.75, 3.05) is 33.8 Å². The fourth-order valence-corrected chi connectivity index (χ4v) is 1.13. The quantitative estimate of drug-likeness (QED) is 0.383. The maximum Gasteiger partial charge on any atom is 0.673 e. The molecule has 0 fully saturated rings.